The molecule has 3 atom stereocenters. The molecule has 0 heterocycles. The minimum Gasteiger partial charge on any atom is -0.481 e. The number of unbranched alkanes of at least 4 members (excludes halogenated alkanes) is 20. The maximum Gasteiger partial charge on any atom is 0.306 e. The predicted octanol–water partition coefficient (Wildman–Crippen LogP) is 13.9. The van der Waals surface area contributed by atoms with Crippen LogP contribution in [-0.4, -0.2) is 60.9 Å². The highest BCUT2D eigenvalue weighted by atomic mass is 16.6. The van der Waals surface area contributed by atoms with E-state index < -0.39 is 12.1 Å². The number of esters is 4. The number of carboxylic acid groups (broad SMARTS) is 1. The van der Waals surface area contributed by atoms with Crippen LogP contribution >= 0.6 is 0 Å². The molecule has 0 bridgehead atoms. The van der Waals surface area contributed by atoms with Gasteiger partial charge in [0.2, 0.25) is 0 Å². The topological polar surface area (TPSA) is 142 Å². The van der Waals surface area contributed by atoms with E-state index in [1.165, 1.54) is 57.8 Å². The molecule has 0 saturated heterocycles. The van der Waals surface area contributed by atoms with Crippen LogP contribution in [0.1, 0.15) is 240 Å². The third kappa shape index (κ3) is 43.5. The minimum absolute atomic E-state index is 0.00568. The molecule has 1 N–H and O–H groups in total. The summed E-state index contributed by atoms with van der Waals surface area (Å²) in [5.41, 5.74) is 0. The van der Waals surface area contributed by atoms with Gasteiger partial charge in [-0.3, -0.25) is 24.0 Å². The lowest BCUT2D eigenvalue weighted by Crippen LogP contribution is -2.31. The molecule has 0 aromatic carbocycles. The summed E-state index contributed by atoms with van der Waals surface area (Å²) in [6.45, 7) is 8.35. The van der Waals surface area contributed by atoms with Crippen LogP contribution in [0.4, 0.5) is 0 Å². The summed E-state index contributed by atoms with van der Waals surface area (Å²) in [5.74, 6) is -1.91. The van der Waals surface area contributed by atoms with Crippen molar-refractivity contribution in [2.24, 2.45) is 11.8 Å². The van der Waals surface area contributed by atoms with Gasteiger partial charge in [0.25, 0.3) is 0 Å². The van der Waals surface area contributed by atoms with E-state index in [2.05, 4.69) is 38.2 Å². The maximum absolute atomic E-state index is 13.0. The molecule has 0 saturated carbocycles. The third-order valence-corrected chi connectivity index (χ3v) is 11.1. The van der Waals surface area contributed by atoms with Gasteiger partial charge in [0.15, 0.2) is 6.10 Å². The van der Waals surface area contributed by atoms with Crippen LogP contribution in [-0.2, 0) is 42.9 Å². The van der Waals surface area contributed by atoms with Crippen molar-refractivity contribution < 1.29 is 48.0 Å². The Balaban J connectivity index is 4.55. The minimum atomic E-state index is -0.894. The molecule has 0 radical (unpaired) electrons. The lowest BCUT2D eigenvalue weighted by atomic mass is 9.96. The number of hydrogen-bond acceptors (Lipinski definition) is 9. The van der Waals surface area contributed by atoms with Gasteiger partial charge in [-0.25, -0.2) is 0 Å². The number of carboxylic acids is 1. The molecule has 0 aliphatic carbocycles. The second-order valence-corrected chi connectivity index (χ2v) is 17.7. The molecule has 10 nitrogen and oxygen atoms in total. The zero-order valence-corrected chi connectivity index (χ0v) is 40.1. The first-order valence-electron chi connectivity index (χ1n) is 25.2. The van der Waals surface area contributed by atoms with Gasteiger partial charge in [-0.2, -0.15) is 0 Å². The number of ether oxygens (including phenoxy) is 4. The van der Waals surface area contributed by atoms with Crippen LogP contribution in [0.25, 0.3) is 0 Å². The highest BCUT2D eigenvalue weighted by molar-refractivity contribution is 5.71. The van der Waals surface area contributed by atoms with Gasteiger partial charge in [0.1, 0.15) is 13.2 Å². The van der Waals surface area contributed by atoms with Gasteiger partial charge in [0.05, 0.1) is 6.61 Å². The Morgan fingerprint density at radius 1 is 0.435 bits per heavy atom. The first-order chi connectivity index (χ1) is 30.1. The summed E-state index contributed by atoms with van der Waals surface area (Å²) < 4.78 is 21.9. The van der Waals surface area contributed by atoms with Crippen LogP contribution in [0.3, 0.4) is 0 Å². The number of aliphatic carboxylic acids is 1. The van der Waals surface area contributed by atoms with Gasteiger partial charge >= 0.3 is 29.8 Å². The monoisotopic (exact) mass is 877 g/mol. The van der Waals surface area contributed by atoms with Crippen LogP contribution in [0, 0.1) is 11.8 Å². The molecule has 360 valence electrons. The van der Waals surface area contributed by atoms with Gasteiger partial charge in [-0.15, -0.1) is 0 Å². The third-order valence-electron chi connectivity index (χ3n) is 11.1. The van der Waals surface area contributed by atoms with Crippen molar-refractivity contribution in [1.82, 2.24) is 0 Å². The van der Waals surface area contributed by atoms with Crippen molar-refractivity contribution in [3.05, 3.63) is 24.3 Å². The van der Waals surface area contributed by atoms with Gasteiger partial charge < -0.3 is 24.1 Å². The predicted molar refractivity (Wildman–Crippen MR) is 251 cm³/mol. The van der Waals surface area contributed by atoms with Crippen molar-refractivity contribution in [3.8, 4) is 0 Å². The average molecular weight is 877 g/mol. The zero-order chi connectivity index (χ0) is 45.7. The molecule has 0 fully saturated rings. The fraction of sp³-hybridized carbons (Fsp3) is 0.827. The number of hydrogen-bond donors (Lipinski definition) is 1. The number of carbonyl (C=O) groups is 5. The van der Waals surface area contributed by atoms with E-state index in [0.717, 1.165) is 116 Å². The smallest absolute Gasteiger partial charge is 0.306 e. The standard InChI is InChI=1S/C52H92O10/c1-5-7-9-11-13-15-17-18-19-20-21-23-25-27-33-39-50(56)61-44-47(43-60-49(55)38-32-26-24-22-16-14-12-10-8-6-2)62-52(58)42-46(4)36-31-29-28-30-35-45(3)41-51(57)59-40-34-37-48(53)54/h10,12,18-19,45-47H,5-9,11,13-17,20-44H2,1-4H3,(H,53,54)/b12-10-,19-18-. The van der Waals surface area contributed by atoms with E-state index in [1.54, 1.807) is 0 Å². The Hall–Kier alpha value is -3.17. The number of allylic oxidation sites excluding steroid dienone is 4. The first kappa shape index (κ1) is 58.8. The summed E-state index contributed by atoms with van der Waals surface area (Å²) in [6, 6.07) is 0. The fourth-order valence-corrected chi connectivity index (χ4v) is 7.25. The van der Waals surface area contributed by atoms with Crippen LogP contribution < -0.4 is 0 Å². The zero-order valence-electron chi connectivity index (χ0n) is 40.1. The van der Waals surface area contributed by atoms with Crippen LogP contribution in [0.5, 0.6) is 0 Å². The summed E-state index contributed by atoms with van der Waals surface area (Å²) in [7, 11) is 0. The molecule has 3 unspecified atom stereocenters. The molecule has 0 spiro atoms. The van der Waals surface area contributed by atoms with Gasteiger partial charge in [0, 0.05) is 32.1 Å². The molecule has 0 aromatic rings. The number of rotatable bonds is 45. The molecule has 0 amide bonds. The largest absolute Gasteiger partial charge is 0.481 e. The SMILES string of the molecule is CCC/C=C\CCCCCCCC(=O)OCC(COC(=O)CCCCCCC/C=C\CCCCCCCC)OC(=O)CC(C)CCCCCCC(C)CC(=O)OCCCC(=O)O. The summed E-state index contributed by atoms with van der Waals surface area (Å²) in [5, 5.41) is 8.69. The molecular formula is C52H92O10. The van der Waals surface area contributed by atoms with Crippen molar-refractivity contribution in [2.45, 2.75) is 246 Å². The average Bonchev–Trinajstić information content (AvgIpc) is 3.23. The Kier molecular flexibility index (Phi) is 42.2. The van der Waals surface area contributed by atoms with E-state index in [9.17, 15) is 24.0 Å². The second kappa shape index (κ2) is 44.4. The van der Waals surface area contributed by atoms with Gasteiger partial charge in [-0.05, 0) is 76.0 Å². The molecule has 0 aliphatic heterocycles. The van der Waals surface area contributed by atoms with E-state index in [1.807, 2.05) is 13.8 Å². The van der Waals surface area contributed by atoms with E-state index in [-0.39, 0.29) is 68.4 Å². The van der Waals surface area contributed by atoms with Crippen molar-refractivity contribution in [2.75, 3.05) is 19.8 Å². The van der Waals surface area contributed by atoms with Crippen molar-refractivity contribution in [3.63, 3.8) is 0 Å². The molecule has 0 aliphatic rings. The molecule has 62 heavy (non-hydrogen) atoms. The highest BCUT2D eigenvalue weighted by Gasteiger charge is 2.21. The lowest BCUT2D eigenvalue weighted by Gasteiger charge is -2.19. The first-order valence-corrected chi connectivity index (χ1v) is 25.2. The lowest BCUT2D eigenvalue weighted by molar-refractivity contribution is -0.167. The summed E-state index contributed by atoms with van der Waals surface area (Å²) in [4.78, 5) is 60.7. The Morgan fingerprint density at radius 3 is 1.32 bits per heavy atom. The Bertz CT molecular complexity index is 1160. The molecule has 0 rings (SSSR count). The van der Waals surface area contributed by atoms with Crippen molar-refractivity contribution >= 4 is 29.8 Å². The molecule has 10 heteroatoms. The highest BCUT2D eigenvalue weighted by Crippen LogP contribution is 2.19. The van der Waals surface area contributed by atoms with Crippen molar-refractivity contribution in [1.29, 1.82) is 0 Å². The fourth-order valence-electron chi connectivity index (χ4n) is 7.25. The van der Waals surface area contributed by atoms with Gasteiger partial charge in [-0.1, -0.05) is 168 Å². The number of carbonyl (C=O) groups excluding carboxylic acids is 4. The van der Waals surface area contributed by atoms with E-state index in [0.29, 0.717) is 25.7 Å². The summed E-state index contributed by atoms with van der Waals surface area (Å²) in [6.07, 6.45) is 39.5. The second-order valence-electron chi connectivity index (χ2n) is 17.7. The molecular weight excluding hydrogens is 785 g/mol. The molecule has 0 aromatic heterocycles. The van der Waals surface area contributed by atoms with Crippen LogP contribution in [0.15, 0.2) is 24.3 Å². The Morgan fingerprint density at radius 2 is 0.855 bits per heavy atom. The Labute approximate surface area is 378 Å². The van der Waals surface area contributed by atoms with E-state index >= 15 is 0 Å². The maximum atomic E-state index is 13.0. The quantitative estimate of drug-likeness (QED) is 0.0272. The van der Waals surface area contributed by atoms with E-state index in [4.69, 9.17) is 24.1 Å². The normalized spacial score (nSPS) is 13.0. The van der Waals surface area contributed by atoms with Crippen LogP contribution in [0.2, 0.25) is 0 Å². The summed E-state index contributed by atoms with van der Waals surface area (Å²) >= 11 is 0.